The molecule has 6 heteroatoms. The van der Waals surface area contributed by atoms with Crippen molar-refractivity contribution in [2.24, 2.45) is 11.8 Å². The Kier molecular flexibility index (Phi) is 4.98. The van der Waals surface area contributed by atoms with Crippen molar-refractivity contribution in [3.05, 3.63) is 43.0 Å². The van der Waals surface area contributed by atoms with Gasteiger partial charge in [-0.25, -0.2) is 4.98 Å². The van der Waals surface area contributed by atoms with Crippen LogP contribution in [0.5, 0.6) is 0 Å². The quantitative estimate of drug-likeness (QED) is 0.913. The molecule has 0 saturated carbocycles. The molecule has 0 spiro atoms. The lowest BCUT2D eigenvalue weighted by Gasteiger charge is -2.14. The number of hydrogen-bond acceptors (Lipinski definition) is 3. The molecule has 1 aliphatic heterocycles. The van der Waals surface area contributed by atoms with Crippen LogP contribution >= 0.6 is 12.4 Å². The fourth-order valence-corrected chi connectivity index (χ4v) is 2.55. The van der Waals surface area contributed by atoms with Gasteiger partial charge in [-0.3, -0.25) is 4.79 Å². The van der Waals surface area contributed by atoms with Crippen LogP contribution in [0.4, 0.5) is 5.69 Å². The van der Waals surface area contributed by atoms with Crippen molar-refractivity contribution in [2.45, 2.75) is 6.92 Å². The summed E-state index contributed by atoms with van der Waals surface area (Å²) < 4.78 is 1.91. The zero-order valence-electron chi connectivity index (χ0n) is 11.8. The highest BCUT2D eigenvalue weighted by Crippen LogP contribution is 2.20. The van der Waals surface area contributed by atoms with Gasteiger partial charge in [-0.15, -0.1) is 12.4 Å². The highest BCUT2D eigenvalue weighted by molar-refractivity contribution is 5.93. The van der Waals surface area contributed by atoms with Gasteiger partial charge in [0.05, 0.1) is 12.2 Å². The van der Waals surface area contributed by atoms with Crippen LogP contribution in [-0.4, -0.2) is 28.5 Å². The predicted octanol–water partition coefficient (Wildman–Crippen LogP) is 2.09. The van der Waals surface area contributed by atoms with Gasteiger partial charge in [0.1, 0.15) is 0 Å². The number of rotatable bonds is 3. The van der Waals surface area contributed by atoms with E-state index in [1.807, 2.05) is 35.0 Å². The largest absolute Gasteiger partial charge is 0.326 e. The molecule has 2 N–H and O–H groups in total. The van der Waals surface area contributed by atoms with E-state index < -0.39 is 0 Å². The third kappa shape index (κ3) is 3.43. The van der Waals surface area contributed by atoms with Crippen LogP contribution in [0.2, 0.25) is 0 Å². The molecule has 0 unspecified atom stereocenters. The Hall–Kier alpha value is -1.85. The van der Waals surface area contributed by atoms with Crippen LogP contribution in [0.3, 0.4) is 0 Å². The average molecular weight is 307 g/mol. The fraction of sp³-hybridized carbons (Fsp3) is 0.333. The Morgan fingerprint density at radius 3 is 2.95 bits per heavy atom. The Balaban J connectivity index is 0.00000161. The van der Waals surface area contributed by atoms with Crippen molar-refractivity contribution in [1.82, 2.24) is 14.9 Å². The molecule has 1 fully saturated rings. The van der Waals surface area contributed by atoms with Crippen LogP contribution < -0.4 is 10.6 Å². The van der Waals surface area contributed by atoms with Gasteiger partial charge >= 0.3 is 0 Å². The number of aromatic nitrogens is 2. The monoisotopic (exact) mass is 306 g/mol. The molecule has 21 heavy (non-hydrogen) atoms. The first-order valence-electron chi connectivity index (χ1n) is 6.84. The van der Waals surface area contributed by atoms with Crippen molar-refractivity contribution >= 4 is 24.0 Å². The van der Waals surface area contributed by atoms with Crippen LogP contribution in [0, 0.1) is 11.8 Å². The van der Waals surface area contributed by atoms with Gasteiger partial charge in [0.15, 0.2) is 0 Å². The zero-order chi connectivity index (χ0) is 13.9. The van der Waals surface area contributed by atoms with E-state index in [0.717, 1.165) is 24.5 Å². The minimum absolute atomic E-state index is 0. The molecule has 0 radical (unpaired) electrons. The van der Waals surface area contributed by atoms with Crippen LogP contribution in [0.25, 0.3) is 5.69 Å². The number of benzene rings is 1. The highest BCUT2D eigenvalue weighted by Gasteiger charge is 2.29. The number of carbonyl (C=O) groups excluding carboxylic acids is 1. The summed E-state index contributed by atoms with van der Waals surface area (Å²) in [6.45, 7) is 3.77. The molecule has 1 aromatic carbocycles. The topological polar surface area (TPSA) is 59.0 Å². The van der Waals surface area contributed by atoms with E-state index in [4.69, 9.17) is 0 Å². The number of halogens is 1. The Morgan fingerprint density at radius 1 is 1.43 bits per heavy atom. The molecular weight excluding hydrogens is 288 g/mol. The standard InChI is InChI=1S/C15H18N4O.ClH/c1-11-8-17-9-14(11)15(20)18-12-3-2-4-13(7-12)19-6-5-16-10-19;/h2-7,10-11,14,17H,8-9H2,1H3,(H,18,20);1H/t11-,14-;/m1./s1. The van der Waals surface area contributed by atoms with E-state index in [9.17, 15) is 4.79 Å². The molecule has 0 bridgehead atoms. The van der Waals surface area contributed by atoms with Crippen LogP contribution in [0.1, 0.15) is 6.92 Å². The minimum atomic E-state index is 0. The normalized spacial score (nSPS) is 20.8. The van der Waals surface area contributed by atoms with Gasteiger partial charge in [-0.1, -0.05) is 13.0 Å². The van der Waals surface area contributed by atoms with Gasteiger partial charge in [-0.05, 0) is 30.7 Å². The maximum absolute atomic E-state index is 12.3. The van der Waals surface area contributed by atoms with Crippen molar-refractivity contribution in [1.29, 1.82) is 0 Å². The predicted molar refractivity (Wildman–Crippen MR) is 85.0 cm³/mol. The Labute approximate surface area is 130 Å². The number of nitrogens with one attached hydrogen (secondary N) is 2. The minimum Gasteiger partial charge on any atom is -0.326 e. The molecule has 2 atom stereocenters. The Bertz CT molecular complexity index is 599. The first-order valence-corrected chi connectivity index (χ1v) is 6.84. The van der Waals surface area contributed by atoms with E-state index in [1.54, 1.807) is 12.5 Å². The first-order chi connectivity index (χ1) is 9.74. The van der Waals surface area contributed by atoms with Gasteiger partial charge < -0.3 is 15.2 Å². The molecule has 2 heterocycles. The highest BCUT2D eigenvalue weighted by atomic mass is 35.5. The molecule has 1 amide bonds. The summed E-state index contributed by atoms with van der Waals surface area (Å²) in [5, 5.41) is 6.25. The van der Waals surface area contributed by atoms with Crippen LogP contribution in [0.15, 0.2) is 43.0 Å². The molecular formula is C15H19ClN4O. The second kappa shape index (κ2) is 6.74. The molecule has 5 nitrogen and oxygen atoms in total. The van der Waals surface area contributed by atoms with Gasteiger partial charge in [0.25, 0.3) is 0 Å². The van der Waals surface area contributed by atoms with E-state index in [-0.39, 0.29) is 24.2 Å². The van der Waals surface area contributed by atoms with Crippen LogP contribution in [-0.2, 0) is 4.79 Å². The van der Waals surface area contributed by atoms with Crippen molar-refractivity contribution in [2.75, 3.05) is 18.4 Å². The number of amides is 1. The second-order valence-corrected chi connectivity index (χ2v) is 5.25. The molecule has 1 aromatic heterocycles. The summed E-state index contributed by atoms with van der Waals surface area (Å²) in [7, 11) is 0. The molecule has 112 valence electrons. The Morgan fingerprint density at radius 2 is 2.29 bits per heavy atom. The maximum atomic E-state index is 12.3. The summed E-state index contributed by atoms with van der Waals surface area (Å²) >= 11 is 0. The molecule has 3 rings (SSSR count). The summed E-state index contributed by atoms with van der Waals surface area (Å²) in [5.74, 6) is 0.518. The van der Waals surface area contributed by atoms with Gasteiger partial charge in [-0.2, -0.15) is 0 Å². The number of imidazole rings is 1. The number of anilines is 1. The summed E-state index contributed by atoms with van der Waals surface area (Å²) in [6, 6.07) is 7.77. The lowest BCUT2D eigenvalue weighted by Crippen LogP contribution is -2.27. The smallest absolute Gasteiger partial charge is 0.229 e. The third-order valence-corrected chi connectivity index (χ3v) is 3.77. The average Bonchev–Trinajstić information content (AvgIpc) is 3.09. The van der Waals surface area contributed by atoms with Crippen molar-refractivity contribution < 1.29 is 4.79 Å². The summed E-state index contributed by atoms with van der Waals surface area (Å²) in [6.07, 6.45) is 5.35. The van der Waals surface area contributed by atoms with E-state index in [2.05, 4.69) is 22.5 Å². The lowest BCUT2D eigenvalue weighted by molar-refractivity contribution is -0.120. The van der Waals surface area contributed by atoms with E-state index in [1.165, 1.54) is 0 Å². The summed E-state index contributed by atoms with van der Waals surface area (Å²) in [4.78, 5) is 16.3. The molecule has 0 aliphatic carbocycles. The van der Waals surface area contributed by atoms with Gasteiger partial charge in [0.2, 0.25) is 5.91 Å². The number of carbonyl (C=O) groups is 1. The van der Waals surface area contributed by atoms with Crippen molar-refractivity contribution in [3.8, 4) is 5.69 Å². The number of hydrogen-bond donors (Lipinski definition) is 2. The van der Waals surface area contributed by atoms with E-state index in [0.29, 0.717) is 5.92 Å². The van der Waals surface area contributed by atoms with Crippen molar-refractivity contribution in [3.63, 3.8) is 0 Å². The maximum Gasteiger partial charge on any atom is 0.229 e. The molecule has 1 aliphatic rings. The van der Waals surface area contributed by atoms with Gasteiger partial charge in [0, 0.05) is 30.3 Å². The van der Waals surface area contributed by atoms with E-state index >= 15 is 0 Å². The second-order valence-electron chi connectivity index (χ2n) is 5.25. The fourth-order valence-electron chi connectivity index (χ4n) is 2.55. The zero-order valence-corrected chi connectivity index (χ0v) is 12.6. The number of nitrogens with zero attached hydrogens (tertiary/aromatic N) is 2. The SMILES string of the molecule is C[C@@H]1CNC[C@H]1C(=O)Nc1cccc(-n2ccnc2)c1.Cl. The first kappa shape index (κ1) is 15.5. The molecule has 1 saturated heterocycles. The lowest BCUT2D eigenvalue weighted by atomic mass is 9.97. The third-order valence-electron chi connectivity index (χ3n) is 3.77. The molecule has 2 aromatic rings. The summed E-state index contributed by atoms with van der Waals surface area (Å²) in [5.41, 5.74) is 1.80.